The lowest BCUT2D eigenvalue weighted by atomic mass is 10.3. The first-order valence-electron chi connectivity index (χ1n) is 8.15. The number of hydrogen-bond donors (Lipinski definition) is 2. The number of aromatic nitrogens is 2. The Hall–Kier alpha value is -3.25. The van der Waals surface area contributed by atoms with Gasteiger partial charge in [-0.15, -0.1) is 0 Å². The maximum atomic E-state index is 12.2. The van der Waals surface area contributed by atoms with Crippen LogP contribution in [-0.2, 0) is 0 Å². The first kappa shape index (κ1) is 22.8. The molecule has 0 saturated carbocycles. The highest BCUT2D eigenvalue weighted by Gasteiger charge is 2.13. The van der Waals surface area contributed by atoms with Gasteiger partial charge < -0.3 is 11.1 Å². The van der Waals surface area contributed by atoms with Crippen molar-refractivity contribution in [2.24, 2.45) is 5.73 Å². The van der Waals surface area contributed by atoms with E-state index in [0.29, 0.717) is 5.70 Å². The molecule has 6 nitrogen and oxygen atoms in total. The molecular formula is C20H26N4O2. The molecule has 2 rings (SSSR count). The van der Waals surface area contributed by atoms with E-state index in [1.165, 1.54) is 36.1 Å². The Bertz CT molecular complexity index is 793. The van der Waals surface area contributed by atoms with Crippen molar-refractivity contribution in [2.45, 2.75) is 13.8 Å². The average Bonchev–Trinajstić information content (AvgIpc) is 2.71. The quantitative estimate of drug-likeness (QED) is 0.808. The molecule has 0 aliphatic carbocycles. The SMILES string of the molecule is C=C/C=C(\C=C)NC(=O)c1nn(-c2ccccc2)ccc1=O.CC.CN. The van der Waals surface area contributed by atoms with E-state index in [1.807, 2.05) is 44.2 Å². The van der Waals surface area contributed by atoms with Crippen LogP contribution in [0.15, 0.2) is 84.5 Å². The summed E-state index contributed by atoms with van der Waals surface area (Å²) in [4.78, 5) is 24.1. The monoisotopic (exact) mass is 354 g/mol. The molecule has 1 amide bonds. The van der Waals surface area contributed by atoms with E-state index in [9.17, 15) is 9.59 Å². The Morgan fingerprint density at radius 1 is 1.15 bits per heavy atom. The van der Waals surface area contributed by atoms with E-state index in [0.717, 1.165) is 5.69 Å². The van der Waals surface area contributed by atoms with E-state index in [1.54, 1.807) is 6.08 Å². The number of carbonyl (C=O) groups excluding carboxylic acids is 1. The predicted octanol–water partition coefficient (Wildman–Crippen LogP) is 2.82. The molecule has 1 aromatic carbocycles. The van der Waals surface area contributed by atoms with Crippen LogP contribution < -0.4 is 16.5 Å². The van der Waals surface area contributed by atoms with Crippen molar-refractivity contribution in [3.63, 3.8) is 0 Å². The number of nitrogens with one attached hydrogen (secondary N) is 1. The fraction of sp³-hybridized carbons (Fsp3) is 0.150. The molecule has 0 aliphatic rings. The second-order valence-electron chi connectivity index (χ2n) is 4.32. The molecule has 1 aromatic heterocycles. The molecule has 0 atom stereocenters. The maximum Gasteiger partial charge on any atom is 0.280 e. The third-order valence-electron chi connectivity index (χ3n) is 2.82. The summed E-state index contributed by atoms with van der Waals surface area (Å²) < 4.78 is 1.47. The van der Waals surface area contributed by atoms with Crippen molar-refractivity contribution in [2.75, 3.05) is 7.05 Å². The van der Waals surface area contributed by atoms with Gasteiger partial charge in [-0.3, -0.25) is 9.59 Å². The molecule has 0 fully saturated rings. The molecule has 0 aliphatic heterocycles. The van der Waals surface area contributed by atoms with Gasteiger partial charge >= 0.3 is 0 Å². The van der Waals surface area contributed by atoms with Crippen LogP contribution in [0.4, 0.5) is 0 Å². The number of rotatable bonds is 5. The number of allylic oxidation sites excluding steroid dienone is 3. The predicted molar refractivity (Wildman–Crippen MR) is 107 cm³/mol. The minimum absolute atomic E-state index is 0.192. The van der Waals surface area contributed by atoms with E-state index in [4.69, 9.17) is 0 Å². The third-order valence-corrected chi connectivity index (χ3v) is 2.82. The lowest BCUT2D eigenvalue weighted by Gasteiger charge is -2.08. The van der Waals surface area contributed by atoms with Gasteiger partial charge in [-0.1, -0.05) is 51.3 Å². The largest absolute Gasteiger partial charge is 0.333 e. The first-order valence-corrected chi connectivity index (χ1v) is 8.15. The van der Waals surface area contributed by atoms with E-state index in [2.05, 4.69) is 29.3 Å². The smallest absolute Gasteiger partial charge is 0.280 e. The van der Waals surface area contributed by atoms with Gasteiger partial charge in [0.25, 0.3) is 5.91 Å². The fourth-order valence-corrected chi connectivity index (χ4v) is 1.77. The summed E-state index contributed by atoms with van der Waals surface area (Å²) in [5.74, 6) is -0.594. The van der Waals surface area contributed by atoms with E-state index >= 15 is 0 Å². The average molecular weight is 354 g/mol. The highest BCUT2D eigenvalue weighted by molar-refractivity contribution is 5.93. The Morgan fingerprint density at radius 3 is 2.31 bits per heavy atom. The van der Waals surface area contributed by atoms with Crippen molar-refractivity contribution in [1.29, 1.82) is 0 Å². The van der Waals surface area contributed by atoms with Crippen LogP contribution in [0.3, 0.4) is 0 Å². The number of nitrogens with two attached hydrogens (primary N) is 1. The zero-order valence-corrected chi connectivity index (χ0v) is 15.5. The zero-order chi connectivity index (χ0) is 19.9. The van der Waals surface area contributed by atoms with Gasteiger partial charge in [-0.2, -0.15) is 5.10 Å². The molecule has 0 spiro atoms. The summed E-state index contributed by atoms with van der Waals surface area (Å²) >= 11 is 0. The van der Waals surface area contributed by atoms with Gasteiger partial charge in [0.1, 0.15) is 0 Å². The standard InChI is InChI=1S/C17H15N3O2.C2H6.CH5N/c1-3-8-13(4-2)18-17(22)16-15(21)11-12-20(19-16)14-9-6-5-7-10-14;2*1-2/h3-12H,1-2H2,(H,18,22);1-2H3;2H2,1H3/b13-8+;;. The van der Waals surface area contributed by atoms with E-state index < -0.39 is 11.3 Å². The highest BCUT2D eigenvalue weighted by Crippen LogP contribution is 2.04. The van der Waals surface area contributed by atoms with Gasteiger partial charge in [0.15, 0.2) is 5.69 Å². The Morgan fingerprint density at radius 2 is 1.77 bits per heavy atom. The van der Waals surface area contributed by atoms with Crippen molar-refractivity contribution >= 4 is 5.91 Å². The summed E-state index contributed by atoms with van der Waals surface area (Å²) in [6.45, 7) is 11.1. The summed E-state index contributed by atoms with van der Waals surface area (Å²) in [6.07, 6.45) is 6.06. The Labute approximate surface area is 154 Å². The van der Waals surface area contributed by atoms with Crippen LogP contribution in [0.2, 0.25) is 0 Å². The van der Waals surface area contributed by atoms with Crippen molar-refractivity contribution in [1.82, 2.24) is 15.1 Å². The van der Waals surface area contributed by atoms with Gasteiger partial charge in [0.2, 0.25) is 5.43 Å². The van der Waals surface area contributed by atoms with Crippen LogP contribution >= 0.6 is 0 Å². The molecule has 0 radical (unpaired) electrons. The van der Waals surface area contributed by atoms with Crippen LogP contribution in [0.5, 0.6) is 0 Å². The number of nitrogens with zero attached hydrogens (tertiary/aromatic N) is 2. The molecule has 6 heteroatoms. The maximum absolute atomic E-state index is 12.2. The topological polar surface area (TPSA) is 90.0 Å². The number of hydrogen-bond acceptors (Lipinski definition) is 4. The Kier molecular flexibility index (Phi) is 11.5. The summed E-state index contributed by atoms with van der Waals surface area (Å²) in [5, 5.41) is 6.66. The minimum Gasteiger partial charge on any atom is -0.333 e. The van der Waals surface area contributed by atoms with Gasteiger partial charge in [0, 0.05) is 18.0 Å². The van der Waals surface area contributed by atoms with Crippen molar-refractivity contribution < 1.29 is 4.79 Å². The van der Waals surface area contributed by atoms with Gasteiger partial charge in [-0.05, 0) is 31.3 Å². The third kappa shape index (κ3) is 6.70. The summed E-state index contributed by atoms with van der Waals surface area (Å²) in [6, 6.07) is 10.5. The van der Waals surface area contributed by atoms with Crippen LogP contribution in [-0.4, -0.2) is 22.7 Å². The van der Waals surface area contributed by atoms with Crippen LogP contribution in [0.25, 0.3) is 5.69 Å². The summed E-state index contributed by atoms with van der Waals surface area (Å²) in [5.41, 5.74) is 5.05. The molecule has 0 bridgehead atoms. The number of amides is 1. The first-order chi connectivity index (χ1) is 12.7. The van der Waals surface area contributed by atoms with Crippen LogP contribution in [0.1, 0.15) is 24.3 Å². The lowest BCUT2D eigenvalue weighted by Crippen LogP contribution is -2.30. The number of para-hydroxylation sites is 1. The lowest BCUT2D eigenvalue weighted by molar-refractivity contribution is 0.0959. The molecule has 26 heavy (non-hydrogen) atoms. The molecule has 0 saturated heterocycles. The molecule has 2 aromatic rings. The van der Waals surface area contributed by atoms with Gasteiger partial charge in [0.05, 0.1) is 5.69 Å². The Balaban J connectivity index is 0.00000146. The molecule has 3 N–H and O–H groups in total. The molecular weight excluding hydrogens is 328 g/mol. The number of benzene rings is 1. The molecule has 1 heterocycles. The molecule has 0 unspecified atom stereocenters. The second kappa shape index (κ2) is 13.1. The fourth-order valence-electron chi connectivity index (χ4n) is 1.77. The summed E-state index contributed by atoms with van der Waals surface area (Å²) in [7, 11) is 1.50. The normalized spacial score (nSPS) is 9.62. The number of carbonyl (C=O) groups is 1. The molecule has 138 valence electrons. The van der Waals surface area contributed by atoms with Gasteiger partial charge in [-0.25, -0.2) is 4.68 Å². The van der Waals surface area contributed by atoms with Crippen molar-refractivity contribution in [3.8, 4) is 5.69 Å². The second-order valence-corrected chi connectivity index (χ2v) is 4.32. The highest BCUT2D eigenvalue weighted by atomic mass is 16.2. The van der Waals surface area contributed by atoms with E-state index in [-0.39, 0.29) is 5.69 Å². The van der Waals surface area contributed by atoms with Crippen LogP contribution in [0, 0.1) is 0 Å². The van der Waals surface area contributed by atoms with Crippen molar-refractivity contribution in [3.05, 3.63) is 95.6 Å². The zero-order valence-electron chi connectivity index (χ0n) is 15.5. The minimum atomic E-state index is -0.594.